The molecule has 5 heteroatoms. The van der Waals surface area contributed by atoms with Gasteiger partial charge in [0.05, 0.1) is 5.54 Å². The molecular weight excluding hydrogens is 311 g/mol. The van der Waals surface area contributed by atoms with E-state index in [0.29, 0.717) is 11.8 Å². The number of anilines is 1. The van der Waals surface area contributed by atoms with Gasteiger partial charge in [-0.15, -0.1) is 23.2 Å². The lowest BCUT2D eigenvalue weighted by Crippen LogP contribution is -2.42. The molecule has 0 aliphatic rings. The Morgan fingerprint density at radius 3 is 2.50 bits per heavy atom. The van der Waals surface area contributed by atoms with Gasteiger partial charge in [-0.25, -0.2) is 4.98 Å². The highest BCUT2D eigenvalue weighted by molar-refractivity contribution is 9.10. The van der Waals surface area contributed by atoms with Crippen molar-refractivity contribution in [2.75, 3.05) is 17.1 Å². The second-order valence-electron chi connectivity index (χ2n) is 3.84. The summed E-state index contributed by atoms with van der Waals surface area (Å²) in [7, 11) is 0. The molecule has 90 valence electrons. The van der Waals surface area contributed by atoms with Crippen LogP contribution in [0.3, 0.4) is 0 Å². The normalized spacial score (nSPS) is 11.6. The van der Waals surface area contributed by atoms with E-state index in [1.54, 1.807) is 6.20 Å². The third-order valence-corrected chi connectivity index (χ3v) is 4.48. The summed E-state index contributed by atoms with van der Waals surface area (Å²) in [6.45, 7) is 4.08. The van der Waals surface area contributed by atoms with Crippen molar-refractivity contribution in [3.05, 3.63) is 22.3 Å². The summed E-state index contributed by atoms with van der Waals surface area (Å²) in [6.07, 6.45) is 2.64. The first-order chi connectivity index (χ1) is 7.56. The van der Waals surface area contributed by atoms with E-state index < -0.39 is 0 Å². The van der Waals surface area contributed by atoms with E-state index in [-0.39, 0.29) is 5.54 Å². The molecule has 2 nitrogen and oxygen atoms in total. The summed E-state index contributed by atoms with van der Waals surface area (Å²) in [4.78, 5) is 4.29. The van der Waals surface area contributed by atoms with Gasteiger partial charge in [0.1, 0.15) is 5.82 Å². The Kier molecular flexibility index (Phi) is 5.35. The molecule has 1 rings (SSSR count). The Morgan fingerprint density at radius 1 is 1.44 bits per heavy atom. The number of hydrogen-bond donors (Lipinski definition) is 1. The van der Waals surface area contributed by atoms with Gasteiger partial charge in [0.2, 0.25) is 0 Å². The molecule has 16 heavy (non-hydrogen) atoms. The van der Waals surface area contributed by atoms with Crippen LogP contribution < -0.4 is 5.32 Å². The average Bonchev–Trinajstić information content (AvgIpc) is 2.31. The first kappa shape index (κ1) is 14.1. The van der Waals surface area contributed by atoms with E-state index in [1.807, 2.05) is 13.0 Å². The average molecular weight is 326 g/mol. The van der Waals surface area contributed by atoms with Crippen LogP contribution in [0.2, 0.25) is 0 Å². The van der Waals surface area contributed by atoms with Crippen molar-refractivity contribution in [3.63, 3.8) is 0 Å². The van der Waals surface area contributed by atoms with Gasteiger partial charge in [-0.2, -0.15) is 0 Å². The molecule has 1 aromatic heterocycles. The van der Waals surface area contributed by atoms with Crippen molar-refractivity contribution < 1.29 is 0 Å². The van der Waals surface area contributed by atoms with Crippen LogP contribution >= 0.6 is 39.1 Å². The van der Waals surface area contributed by atoms with Gasteiger partial charge >= 0.3 is 0 Å². The van der Waals surface area contributed by atoms with Gasteiger partial charge in [-0.05, 0) is 40.9 Å². The van der Waals surface area contributed by atoms with E-state index in [2.05, 4.69) is 33.2 Å². The second kappa shape index (κ2) is 6.08. The highest BCUT2D eigenvalue weighted by Crippen LogP contribution is 2.23. The Morgan fingerprint density at radius 2 is 2.06 bits per heavy atom. The van der Waals surface area contributed by atoms with Gasteiger partial charge in [0.15, 0.2) is 0 Å². The Hall–Kier alpha value is 0.01000. The van der Waals surface area contributed by atoms with Crippen LogP contribution in [-0.4, -0.2) is 22.3 Å². The van der Waals surface area contributed by atoms with Crippen molar-refractivity contribution in [1.82, 2.24) is 4.98 Å². The van der Waals surface area contributed by atoms with Crippen LogP contribution in [-0.2, 0) is 0 Å². The number of nitrogens with zero attached hydrogens (tertiary/aromatic N) is 1. The number of aromatic nitrogens is 1. The quantitative estimate of drug-likeness (QED) is 0.821. The zero-order chi connectivity index (χ0) is 12.2. The first-order valence-corrected chi connectivity index (χ1v) is 6.95. The molecule has 0 aliphatic heterocycles. The van der Waals surface area contributed by atoms with E-state index >= 15 is 0 Å². The van der Waals surface area contributed by atoms with E-state index in [0.717, 1.165) is 22.3 Å². The van der Waals surface area contributed by atoms with Crippen molar-refractivity contribution >= 4 is 44.9 Å². The Bertz CT molecular complexity index is 346. The highest BCUT2D eigenvalue weighted by Gasteiger charge is 2.26. The molecule has 0 aromatic carbocycles. The van der Waals surface area contributed by atoms with Gasteiger partial charge in [-0.3, -0.25) is 0 Å². The Labute approximate surface area is 115 Å². The maximum absolute atomic E-state index is 5.96. The molecule has 1 heterocycles. The molecule has 0 radical (unpaired) electrons. The maximum Gasteiger partial charge on any atom is 0.126 e. The monoisotopic (exact) mass is 324 g/mol. The van der Waals surface area contributed by atoms with Crippen LogP contribution in [0.5, 0.6) is 0 Å². The predicted molar refractivity (Wildman–Crippen MR) is 74.8 cm³/mol. The molecule has 0 unspecified atom stereocenters. The zero-order valence-corrected chi connectivity index (χ0v) is 12.5. The molecule has 0 spiro atoms. The van der Waals surface area contributed by atoms with Gasteiger partial charge in [-0.1, -0.05) is 6.92 Å². The molecule has 0 saturated heterocycles. The van der Waals surface area contributed by atoms with Gasteiger partial charge in [0, 0.05) is 22.4 Å². The van der Waals surface area contributed by atoms with E-state index in [1.165, 1.54) is 0 Å². The van der Waals surface area contributed by atoms with Crippen LogP contribution in [0.4, 0.5) is 5.82 Å². The lowest BCUT2D eigenvalue weighted by Gasteiger charge is -2.30. The highest BCUT2D eigenvalue weighted by atomic mass is 79.9. The van der Waals surface area contributed by atoms with E-state index in [9.17, 15) is 0 Å². The molecule has 0 saturated carbocycles. The fourth-order valence-electron chi connectivity index (χ4n) is 1.26. The van der Waals surface area contributed by atoms with Crippen molar-refractivity contribution in [3.8, 4) is 0 Å². The second-order valence-corrected chi connectivity index (χ2v) is 5.23. The minimum Gasteiger partial charge on any atom is -0.362 e. The Balaban J connectivity index is 2.89. The number of aryl methyl sites for hydroxylation is 1. The summed E-state index contributed by atoms with van der Waals surface area (Å²) in [6, 6.07) is 1.98. The number of nitrogens with one attached hydrogen (secondary N) is 1. The minimum atomic E-state index is -0.281. The molecule has 1 N–H and O–H groups in total. The molecule has 0 amide bonds. The van der Waals surface area contributed by atoms with Crippen molar-refractivity contribution in [2.45, 2.75) is 25.8 Å². The lowest BCUT2D eigenvalue weighted by atomic mass is 10.0. The predicted octanol–water partition coefficient (Wildman–Crippen LogP) is 4.19. The molecule has 0 bridgehead atoms. The number of hydrogen-bond acceptors (Lipinski definition) is 2. The third-order valence-electron chi connectivity index (χ3n) is 2.63. The van der Waals surface area contributed by atoms with Crippen molar-refractivity contribution in [1.29, 1.82) is 0 Å². The van der Waals surface area contributed by atoms with Crippen LogP contribution in [0.25, 0.3) is 0 Å². The van der Waals surface area contributed by atoms with Gasteiger partial charge in [0.25, 0.3) is 0 Å². The molecule has 0 atom stereocenters. The summed E-state index contributed by atoms with van der Waals surface area (Å²) in [5.41, 5.74) is 0.850. The number of halogens is 3. The third kappa shape index (κ3) is 3.25. The SMILES string of the molecule is CCC(CCl)(CCl)Nc1cc(C)c(Br)cn1. The molecular formula is C11H15BrCl2N2. The first-order valence-electron chi connectivity index (χ1n) is 5.09. The van der Waals surface area contributed by atoms with E-state index in [4.69, 9.17) is 23.2 Å². The van der Waals surface area contributed by atoms with Crippen molar-refractivity contribution in [2.24, 2.45) is 0 Å². The standard InChI is InChI=1S/C11H15BrCl2N2/c1-3-11(6-13,7-14)16-10-4-8(2)9(12)5-15-10/h4-5H,3,6-7H2,1-2H3,(H,15,16). The number of alkyl halides is 2. The fourth-order valence-corrected chi connectivity index (χ4v) is 2.27. The molecule has 1 aromatic rings. The number of pyridine rings is 1. The smallest absolute Gasteiger partial charge is 0.126 e. The fraction of sp³-hybridized carbons (Fsp3) is 0.545. The molecule has 0 fully saturated rings. The number of rotatable bonds is 5. The topological polar surface area (TPSA) is 24.9 Å². The summed E-state index contributed by atoms with van der Waals surface area (Å²) < 4.78 is 0.997. The van der Waals surface area contributed by atoms with Gasteiger partial charge < -0.3 is 5.32 Å². The maximum atomic E-state index is 5.96. The minimum absolute atomic E-state index is 0.281. The van der Waals surface area contributed by atoms with Crippen LogP contribution in [0.1, 0.15) is 18.9 Å². The van der Waals surface area contributed by atoms with Crippen LogP contribution in [0, 0.1) is 6.92 Å². The summed E-state index contributed by atoms with van der Waals surface area (Å²) in [5.74, 6) is 1.73. The zero-order valence-electron chi connectivity index (χ0n) is 9.36. The summed E-state index contributed by atoms with van der Waals surface area (Å²) >= 11 is 15.3. The lowest BCUT2D eigenvalue weighted by molar-refractivity contribution is 0.558. The summed E-state index contributed by atoms with van der Waals surface area (Å²) in [5, 5.41) is 3.31. The molecule has 0 aliphatic carbocycles. The largest absolute Gasteiger partial charge is 0.362 e. The van der Waals surface area contributed by atoms with Crippen LogP contribution in [0.15, 0.2) is 16.7 Å².